The molecule has 118 valence electrons. The van der Waals surface area contributed by atoms with E-state index in [9.17, 15) is 0 Å². The Balaban J connectivity index is 1.89. The van der Waals surface area contributed by atoms with Crippen molar-refractivity contribution in [1.82, 2.24) is 5.32 Å². The number of nitrogens with one attached hydrogen (secondary N) is 1. The highest BCUT2D eigenvalue weighted by Gasteiger charge is 2.21. The second-order valence-corrected chi connectivity index (χ2v) is 6.95. The number of hydrogen-bond donors (Lipinski definition) is 1. The van der Waals surface area contributed by atoms with Gasteiger partial charge in [0.15, 0.2) is 0 Å². The average molecular weight is 354 g/mol. The Bertz CT molecular complexity index is 427. The third-order valence-corrected chi connectivity index (χ3v) is 5.21. The smallest absolute Gasteiger partial charge is 0.120 e. The zero-order chi connectivity index (χ0) is 15.1. The van der Waals surface area contributed by atoms with Crippen molar-refractivity contribution in [2.24, 2.45) is 5.92 Å². The molecule has 0 aromatic heterocycles. The Kier molecular flexibility index (Phi) is 7.05. The topological polar surface area (TPSA) is 21.3 Å². The van der Waals surface area contributed by atoms with Gasteiger partial charge in [-0.05, 0) is 68.3 Å². The summed E-state index contributed by atoms with van der Waals surface area (Å²) in [5, 5.41) is 3.45. The molecule has 1 aromatic carbocycles. The fourth-order valence-electron chi connectivity index (χ4n) is 3.01. The van der Waals surface area contributed by atoms with Crippen LogP contribution in [0.25, 0.3) is 0 Å². The van der Waals surface area contributed by atoms with Crippen molar-refractivity contribution < 1.29 is 4.74 Å². The molecule has 0 amide bonds. The Morgan fingerprint density at radius 1 is 1.19 bits per heavy atom. The molecule has 21 heavy (non-hydrogen) atoms. The SMILES string of the molecule is CCCNCc1cc(OC2CCC(CC)CC2)ccc1Br. The molecule has 1 aliphatic carbocycles. The molecule has 2 nitrogen and oxygen atoms in total. The molecule has 1 saturated carbocycles. The van der Waals surface area contributed by atoms with E-state index in [1.54, 1.807) is 0 Å². The van der Waals surface area contributed by atoms with E-state index < -0.39 is 0 Å². The van der Waals surface area contributed by atoms with Gasteiger partial charge < -0.3 is 10.1 Å². The monoisotopic (exact) mass is 353 g/mol. The second kappa shape index (κ2) is 8.79. The van der Waals surface area contributed by atoms with Gasteiger partial charge >= 0.3 is 0 Å². The van der Waals surface area contributed by atoms with Gasteiger partial charge in [-0.3, -0.25) is 0 Å². The van der Waals surface area contributed by atoms with Crippen molar-refractivity contribution in [3.8, 4) is 5.75 Å². The number of benzene rings is 1. The summed E-state index contributed by atoms with van der Waals surface area (Å²) in [4.78, 5) is 0. The van der Waals surface area contributed by atoms with Gasteiger partial charge in [0, 0.05) is 11.0 Å². The lowest BCUT2D eigenvalue weighted by molar-refractivity contribution is 0.130. The van der Waals surface area contributed by atoms with Crippen molar-refractivity contribution in [3.63, 3.8) is 0 Å². The van der Waals surface area contributed by atoms with Gasteiger partial charge in [0.05, 0.1) is 6.10 Å². The van der Waals surface area contributed by atoms with Crippen molar-refractivity contribution >= 4 is 15.9 Å². The highest BCUT2D eigenvalue weighted by Crippen LogP contribution is 2.30. The maximum atomic E-state index is 6.20. The largest absolute Gasteiger partial charge is 0.490 e. The van der Waals surface area contributed by atoms with E-state index in [-0.39, 0.29) is 0 Å². The molecule has 1 aliphatic rings. The zero-order valence-corrected chi connectivity index (χ0v) is 14.9. The summed E-state index contributed by atoms with van der Waals surface area (Å²) in [7, 11) is 0. The van der Waals surface area contributed by atoms with Crippen LogP contribution in [-0.2, 0) is 6.54 Å². The van der Waals surface area contributed by atoms with E-state index in [0.717, 1.165) is 35.7 Å². The number of ether oxygens (including phenoxy) is 1. The first kappa shape index (κ1) is 16.8. The van der Waals surface area contributed by atoms with Crippen molar-refractivity contribution in [2.75, 3.05) is 6.54 Å². The molecule has 0 atom stereocenters. The van der Waals surface area contributed by atoms with Crippen LogP contribution in [0, 0.1) is 5.92 Å². The standard InChI is InChI=1S/C18H28BrNO/c1-3-11-20-13-15-12-17(9-10-18(15)19)21-16-7-5-14(4-2)6-8-16/h9-10,12,14,16,20H,3-8,11,13H2,1-2H3. The predicted octanol–water partition coefficient (Wildman–Crippen LogP) is 5.30. The first-order valence-electron chi connectivity index (χ1n) is 8.38. The minimum atomic E-state index is 0.408. The quantitative estimate of drug-likeness (QED) is 0.671. The van der Waals surface area contributed by atoms with Crippen molar-refractivity contribution in [1.29, 1.82) is 0 Å². The van der Waals surface area contributed by atoms with Gasteiger partial charge in [-0.25, -0.2) is 0 Å². The lowest BCUT2D eigenvalue weighted by Gasteiger charge is -2.28. The van der Waals surface area contributed by atoms with Crippen LogP contribution in [0.4, 0.5) is 0 Å². The molecule has 0 heterocycles. The maximum absolute atomic E-state index is 6.20. The first-order chi connectivity index (χ1) is 10.2. The number of halogens is 1. The first-order valence-corrected chi connectivity index (χ1v) is 9.18. The summed E-state index contributed by atoms with van der Waals surface area (Å²) >= 11 is 3.63. The Morgan fingerprint density at radius 3 is 2.62 bits per heavy atom. The molecule has 0 unspecified atom stereocenters. The van der Waals surface area contributed by atoms with E-state index in [4.69, 9.17) is 4.74 Å². The summed E-state index contributed by atoms with van der Waals surface area (Å²) in [5.41, 5.74) is 1.28. The molecule has 0 bridgehead atoms. The highest BCUT2D eigenvalue weighted by molar-refractivity contribution is 9.10. The van der Waals surface area contributed by atoms with Gasteiger partial charge in [-0.2, -0.15) is 0 Å². The van der Waals surface area contributed by atoms with Crippen LogP contribution in [0.1, 0.15) is 57.9 Å². The number of rotatable bonds is 7. The fourth-order valence-corrected chi connectivity index (χ4v) is 3.40. The van der Waals surface area contributed by atoms with Gasteiger partial charge in [-0.15, -0.1) is 0 Å². The van der Waals surface area contributed by atoms with Gasteiger partial charge in [-0.1, -0.05) is 36.2 Å². The molecule has 0 aliphatic heterocycles. The molecule has 3 heteroatoms. The Morgan fingerprint density at radius 2 is 1.95 bits per heavy atom. The van der Waals surface area contributed by atoms with Gasteiger partial charge in [0.25, 0.3) is 0 Å². The average Bonchev–Trinajstić information content (AvgIpc) is 2.51. The molecule has 0 radical (unpaired) electrons. The zero-order valence-electron chi connectivity index (χ0n) is 13.3. The second-order valence-electron chi connectivity index (χ2n) is 6.10. The molecule has 2 rings (SSSR count). The summed E-state index contributed by atoms with van der Waals surface area (Å²) in [6.07, 6.45) is 7.94. The summed E-state index contributed by atoms with van der Waals surface area (Å²) in [6.45, 7) is 6.44. The molecule has 1 N–H and O–H groups in total. The Labute approximate surface area is 137 Å². The highest BCUT2D eigenvalue weighted by atomic mass is 79.9. The third-order valence-electron chi connectivity index (χ3n) is 4.43. The van der Waals surface area contributed by atoms with E-state index in [1.807, 2.05) is 0 Å². The van der Waals surface area contributed by atoms with Crippen molar-refractivity contribution in [2.45, 2.75) is 65.0 Å². The molecule has 1 aromatic rings. The fraction of sp³-hybridized carbons (Fsp3) is 0.667. The maximum Gasteiger partial charge on any atom is 0.120 e. The third kappa shape index (κ3) is 5.30. The van der Waals surface area contributed by atoms with Crippen LogP contribution in [0.2, 0.25) is 0 Å². The van der Waals surface area contributed by atoms with E-state index in [2.05, 4.69) is 53.3 Å². The Hall–Kier alpha value is -0.540. The number of hydrogen-bond acceptors (Lipinski definition) is 2. The van der Waals surface area contributed by atoms with Crippen LogP contribution in [0.5, 0.6) is 5.75 Å². The van der Waals surface area contributed by atoms with Crippen molar-refractivity contribution in [3.05, 3.63) is 28.2 Å². The minimum absolute atomic E-state index is 0.408. The summed E-state index contributed by atoms with van der Waals surface area (Å²) in [5.74, 6) is 1.94. The normalized spacial score (nSPS) is 22.2. The lowest BCUT2D eigenvalue weighted by atomic mass is 9.86. The molecule has 1 fully saturated rings. The minimum Gasteiger partial charge on any atom is -0.490 e. The van der Waals surface area contributed by atoms with E-state index in [1.165, 1.54) is 37.7 Å². The summed E-state index contributed by atoms with van der Waals surface area (Å²) in [6, 6.07) is 6.37. The van der Waals surface area contributed by atoms with Gasteiger partial charge in [0.1, 0.15) is 5.75 Å². The van der Waals surface area contributed by atoms with Crippen LogP contribution < -0.4 is 10.1 Å². The lowest BCUT2D eigenvalue weighted by Crippen LogP contribution is -2.24. The molecule has 0 saturated heterocycles. The van der Waals surface area contributed by atoms with Crippen LogP contribution in [0.3, 0.4) is 0 Å². The molecule has 0 spiro atoms. The van der Waals surface area contributed by atoms with E-state index >= 15 is 0 Å². The summed E-state index contributed by atoms with van der Waals surface area (Å²) < 4.78 is 7.36. The predicted molar refractivity (Wildman–Crippen MR) is 92.8 cm³/mol. The van der Waals surface area contributed by atoms with Gasteiger partial charge in [0.2, 0.25) is 0 Å². The van der Waals surface area contributed by atoms with Crippen LogP contribution in [0.15, 0.2) is 22.7 Å². The van der Waals surface area contributed by atoms with Crippen LogP contribution in [-0.4, -0.2) is 12.6 Å². The molecular weight excluding hydrogens is 326 g/mol. The molecular formula is C18H28BrNO. The van der Waals surface area contributed by atoms with E-state index in [0.29, 0.717) is 6.10 Å². The van der Waals surface area contributed by atoms with Crippen LogP contribution >= 0.6 is 15.9 Å².